The third-order valence-corrected chi connectivity index (χ3v) is 4.49. The molecule has 29 heavy (non-hydrogen) atoms. The van der Waals surface area contributed by atoms with E-state index in [9.17, 15) is 0 Å². The molecule has 0 bridgehead atoms. The lowest BCUT2D eigenvalue weighted by molar-refractivity contribution is 0.607. The number of anilines is 1. The molecular formula is C23H17N5O. The molecule has 0 atom stereocenters. The van der Waals surface area contributed by atoms with Crippen molar-refractivity contribution in [2.24, 2.45) is 0 Å². The van der Waals surface area contributed by atoms with Crippen LogP contribution in [0.25, 0.3) is 34.1 Å². The summed E-state index contributed by atoms with van der Waals surface area (Å²) in [6.45, 7) is 0.571. The smallest absolute Gasteiger partial charge is 0.253 e. The normalized spacial score (nSPS) is 10.9. The lowest BCUT2D eigenvalue weighted by Gasteiger charge is -2.07. The number of rotatable bonds is 5. The van der Waals surface area contributed by atoms with Crippen LogP contribution in [0, 0.1) is 0 Å². The topological polar surface area (TPSA) is 76.7 Å². The zero-order valence-electron chi connectivity index (χ0n) is 15.5. The molecule has 0 aliphatic rings. The highest BCUT2D eigenvalue weighted by Gasteiger charge is 2.17. The number of aromatic nitrogens is 4. The van der Waals surface area contributed by atoms with Gasteiger partial charge in [-0.15, -0.1) is 0 Å². The van der Waals surface area contributed by atoms with Crippen molar-refractivity contribution in [2.45, 2.75) is 6.54 Å². The summed E-state index contributed by atoms with van der Waals surface area (Å²) in [6, 6.07) is 23.5. The first-order valence-corrected chi connectivity index (χ1v) is 9.29. The molecule has 0 fully saturated rings. The van der Waals surface area contributed by atoms with Crippen LogP contribution in [-0.4, -0.2) is 19.9 Å². The molecule has 0 aliphatic carbocycles. The van der Waals surface area contributed by atoms with Crippen LogP contribution in [-0.2, 0) is 6.54 Å². The molecule has 0 unspecified atom stereocenters. The third kappa shape index (κ3) is 3.55. The van der Waals surface area contributed by atoms with Gasteiger partial charge in [0.15, 0.2) is 17.2 Å². The molecule has 0 saturated carbocycles. The molecule has 6 nitrogen and oxygen atoms in total. The Balaban J connectivity index is 1.60. The maximum absolute atomic E-state index is 5.99. The second-order valence-electron chi connectivity index (χ2n) is 6.52. The molecule has 140 valence electrons. The van der Waals surface area contributed by atoms with Crippen molar-refractivity contribution in [3.63, 3.8) is 0 Å². The second-order valence-corrected chi connectivity index (χ2v) is 6.52. The molecule has 0 spiro atoms. The minimum absolute atomic E-state index is 0.450. The summed E-state index contributed by atoms with van der Waals surface area (Å²) in [7, 11) is 0. The maximum Gasteiger partial charge on any atom is 0.253 e. The van der Waals surface area contributed by atoms with E-state index < -0.39 is 0 Å². The van der Waals surface area contributed by atoms with Gasteiger partial charge < -0.3 is 9.73 Å². The van der Waals surface area contributed by atoms with Crippen molar-refractivity contribution < 1.29 is 4.42 Å². The lowest BCUT2D eigenvalue weighted by Crippen LogP contribution is -2.04. The molecule has 0 saturated heterocycles. The quantitative estimate of drug-likeness (QED) is 0.465. The Morgan fingerprint density at radius 3 is 2.24 bits per heavy atom. The fraction of sp³-hybridized carbons (Fsp3) is 0.0435. The van der Waals surface area contributed by atoms with Crippen molar-refractivity contribution in [3.8, 4) is 22.8 Å². The van der Waals surface area contributed by atoms with Gasteiger partial charge in [0.25, 0.3) is 5.71 Å². The zero-order valence-corrected chi connectivity index (χ0v) is 15.5. The van der Waals surface area contributed by atoms with Crippen LogP contribution in [0.3, 0.4) is 0 Å². The van der Waals surface area contributed by atoms with Gasteiger partial charge in [0, 0.05) is 30.1 Å². The number of nitrogens with one attached hydrogen (secondary N) is 1. The summed E-state index contributed by atoms with van der Waals surface area (Å²) in [4.78, 5) is 18.2. The van der Waals surface area contributed by atoms with E-state index in [-0.39, 0.29) is 0 Å². The number of fused-ring (bicyclic) bond motifs is 1. The number of nitrogens with zero attached hydrogens (tertiary/aromatic N) is 4. The Labute approximate surface area is 167 Å². The molecular weight excluding hydrogens is 362 g/mol. The van der Waals surface area contributed by atoms with Crippen LogP contribution in [0.1, 0.15) is 5.56 Å². The van der Waals surface area contributed by atoms with Gasteiger partial charge in [-0.1, -0.05) is 54.6 Å². The maximum atomic E-state index is 5.99. The lowest BCUT2D eigenvalue weighted by atomic mass is 10.2. The van der Waals surface area contributed by atoms with Crippen LogP contribution in [0.15, 0.2) is 89.6 Å². The molecule has 0 aliphatic heterocycles. The van der Waals surface area contributed by atoms with E-state index in [1.807, 2.05) is 79.0 Å². The Morgan fingerprint density at radius 2 is 1.52 bits per heavy atom. The van der Waals surface area contributed by atoms with Gasteiger partial charge in [0.2, 0.25) is 5.89 Å². The standard InChI is InChI=1S/C23H17N5O/c1-3-9-17(10-4-1)20-27-21(25-15-16-8-7-13-24-14-16)19-23(28-20)29-22(26-19)18-11-5-2-6-12-18/h1-14H,15H2,(H,25,27,28). The molecule has 3 heterocycles. The summed E-state index contributed by atoms with van der Waals surface area (Å²) in [6.07, 6.45) is 3.57. The Hall–Kier alpha value is -4.06. The van der Waals surface area contributed by atoms with E-state index in [1.54, 1.807) is 6.20 Å². The average molecular weight is 379 g/mol. The Bertz CT molecular complexity index is 1240. The first-order valence-electron chi connectivity index (χ1n) is 9.29. The van der Waals surface area contributed by atoms with E-state index in [0.29, 0.717) is 35.3 Å². The Morgan fingerprint density at radius 1 is 0.759 bits per heavy atom. The van der Waals surface area contributed by atoms with Crippen LogP contribution >= 0.6 is 0 Å². The monoisotopic (exact) mass is 379 g/mol. The molecule has 2 aromatic carbocycles. The van der Waals surface area contributed by atoms with E-state index in [4.69, 9.17) is 9.40 Å². The first-order chi connectivity index (χ1) is 14.4. The summed E-state index contributed by atoms with van der Waals surface area (Å²) < 4.78 is 5.99. The van der Waals surface area contributed by atoms with Crippen LogP contribution in [0.2, 0.25) is 0 Å². The van der Waals surface area contributed by atoms with Crippen molar-refractivity contribution in [2.75, 3.05) is 5.32 Å². The van der Waals surface area contributed by atoms with Gasteiger partial charge in [0.05, 0.1) is 0 Å². The number of hydrogen-bond donors (Lipinski definition) is 1. The van der Waals surface area contributed by atoms with Crippen LogP contribution in [0.5, 0.6) is 0 Å². The minimum atomic E-state index is 0.450. The fourth-order valence-electron chi connectivity index (χ4n) is 3.05. The van der Waals surface area contributed by atoms with Gasteiger partial charge in [-0.2, -0.15) is 4.98 Å². The van der Waals surface area contributed by atoms with Gasteiger partial charge in [-0.3, -0.25) is 4.98 Å². The van der Waals surface area contributed by atoms with E-state index in [2.05, 4.69) is 20.3 Å². The molecule has 6 heteroatoms. The largest absolute Gasteiger partial charge is 0.417 e. The van der Waals surface area contributed by atoms with E-state index in [0.717, 1.165) is 16.7 Å². The van der Waals surface area contributed by atoms with Crippen molar-refractivity contribution in [1.82, 2.24) is 19.9 Å². The summed E-state index contributed by atoms with van der Waals surface area (Å²) in [5, 5.41) is 3.37. The molecule has 0 radical (unpaired) electrons. The summed E-state index contributed by atoms with van der Waals surface area (Å²) in [5.41, 5.74) is 3.91. The number of pyridine rings is 1. The summed E-state index contributed by atoms with van der Waals surface area (Å²) >= 11 is 0. The molecule has 0 amide bonds. The van der Waals surface area contributed by atoms with E-state index >= 15 is 0 Å². The van der Waals surface area contributed by atoms with Crippen molar-refractivity contribution >= 4 is 17.0 Å². The predicted molar refractivity (Wildman–Crippen MR) is 112 cm³/mol. The predicted octanol–water partition coefficient (Wildman–Crippen LogP) is 4.96. The number of hydrogen-bond acceptors (Lipinski definition) is 6. The number of oxazole rings is 1. The van der Waals surface area contributed by atoms with Gasteiger partial charge in [-0.25, -0.2) is 9.97 Å². The van der Waals surface area contributed by atoms with Gasteiger partial charge in [0.1, 0.15) is 0 Å². The molecule has 5 rings (SSSR count). The Kier molecular flexibility index (Phi) is 4.42. The zero-order chi connectivity index (χ0) is 19.5. The minimum Gasteiger partial charge on any atom is -0.417 e. The second kappa shape index (κ2) is 7.52. The SMILES string of the molecule is c1ccc(-c2nc(NCc3cccnc3)c3nc(-c4ccccc4)oc3n2)cc1. The van der Waals surface area contributed by atoms with Gasteiger partial charge >= 0.3 is 0 Å². The highest BCUT2D eigenvalue weighted by atomic mass is 16.4. The molecule has 3 aromatic heterocycles. The van der Waals surface area contributed by atoms with Crippen molar-refractivity contribution in [1.29, 1.82) is 0 Å². The first kappa shape index (κ1) is 17.1. The molecule has 1 N–H and O–H groups in total. The van der Waals surface area contributed by atoms with Crippen molar-refractivity contribution in [3.05, 3.63) is 90.8 Å². The highest BCUT2D eigenvalue weighted by molar-refractivity contribution is 5.85. The van der Waals surface area contributed by atoms with E-state index in [1.165, 1.54) is 0 Å². The van der Waals surface area contributed by atoms with Crippen LogP contribution < -0.4 is 5.32 Å². The third-order valence-electron chi connectivity index (χ3n) is 4.49. The average Bonchev–Trinajstić information content (AvgIpc) is 3.24. The fourth-order valence-corrected chi connectivity index (χ4v) is 3.05. The highest BCUT2D eigenvalue weighted by Crippen LogP contribution is 2.29. The van der Waals surface area contributed by atoms with Crippen LogP contribution in [0.4, 0.5) is 5.82 Å². The van der Waals surface area contributed by atoms with Gasteiger partial charge in [-0.05, 0) is 23.8 Å². The number of benzene rings is 2. The molecule has 5 aromatic rings. The summed E-state index contributed by atoms with van der Waals surface area (Å²) in [5.74, 6) is 1.73.